The standard InChI is InChI=1S/C20H22ClN3O/c21-17-6-4-16(5-7-17)20(9-2-10-20)19(25)24-12-1-3-15(13-24)18-8-11-22-14-23-18/h4-8,11,14-15H,1-3,9-10,12-13H2/t15-/m1/s1. The minimum absolute atomic E-state index is 0.278. The summed E-state index contributed by atoms with van der Waals surface area (Å²) < 4.78 is 0. The minimum Gasteiger partial charge on any atom is -0.341 e. The summed E-state index contributed by atoms with van der Waals surface area (Å²) in [7, 11) is 0. The number of aromatic nitrogens is 2. The highest BCUT2D eigenvalue weighted by Gasteiger charge is 2.48. The molecule has 1 aliphatic carbocycles. The van der Waals surface area contributed by atoms with Crippen molar-refractivity contribution in [3.8, 4) is 0 Å². The van der Waals surface area contributed by atoms with E-state index in [4.69, 9.17) is 11.6 Å². The molecule has 0 radical (unpaired) electrons. The number of piperidine rings is 1. The van der Waals surface area contributed by atoms with Crippen LogP contribution in [0.5, 0.6) is 0 Å². The highest BCUT2D eigenvalue weighted by molar-refractivity contribution is 6.30. The van der Waals surface area contributed by atoms with Crippen LogP contribution < -0.4 is 0 Å². The van der Waals surface area contributed by atoms with E-state index in [0.717, 1.165) is 56.5 Å². The lowest BCUT2D eigenvalue weighted by molar-refractivity contribution is -0.142. The fraction of sp³-hybridized carbons (Fsp3) is 0.450. The maximum Gasteiger partial charge on any atom is 0.233 e. The Morgan fingerprint density at radius 2 is 1.96 bits per heavy atom. The zero-order valence-corrected chi connectivity index (χ0v) is 15.0. The van der Waals surface area contributed by atoms with E-state index in [1.807, 2.05) is 30.3 Å². The third-order valence-electron chi connectivity index (χ3n) is 5.75. The Morgan fingerprint density at radius 1 is 1.16 bits per heavy atom. The van der Waals surface area contributed by atoms with Gasteiger partial charge in [0.2, 0.25) is 5.91 Å². The van der Waals surface area contributed by atoms with Gasteiger partial charge in [-0.15, -0.1) is 0 Å². The Hall–Kier alpha value is -1.94. The summed E-state index contributed by atoms with van der Waals surface area (Å²) in [6.45, 7) is 1.60. The molecule has 4 nitrogen and oxygen atoms in total. The largest absolute Gasteiger partial charge is 0.341 e. The fourth-order valence-electron chi connectivity index (χ4n) is 4.17. The van der Waals surface area contributed by atoms with Crippen molar-refractivity contribution in [1.82, 2.24) is 14.9 Å². The number of carbonyl (C=O) groups is 1. The van der Waals surface area contributed by atoms with E-state index in [0.29, 0.717) is 10.9 Å². The Morgan fingerprint density at radius 3 is 2.60 bits per heavy atom. The molecule has 0 unspecified atom stereocenters. The summed E-state index contributed by atoms with van der Waals surface area (Å²) >= 11 is 6.03. The number of likely N-dealkylation sites (tertiary alicyclic amines) is 1. The topological polar surface area (TPSA) is 46.1 Å². The smallest absolute Gasteiger partial charge is 0.233 e. The van der Waals surface area contributed by atoms with Crippen LogP contribution in [-0.4, -0.2) is 33.9 Å². The predicted octanol–water partition coefficient (Wildman–Crippen LogP) is 3.96. The molecule has 2 heterocycles. The van der Waals surface area contributed by atoms with E-state index in [9.17, 15) is 4.79 Å². The molecule has 2 fully saturated rings. The van der Waals surface area contributed by atoms with Gasteiger partial charge in [0.15, 0.2) is 0 Å². The number of hydrogen-bond donors (Lipinski definition) is 0. The molecule has 1 atom stereocenters. The van der Waals surface area contributed by atoms with Crippen molar-refractivity contribution in [3.05, 3.63) is 59.1 Å². The second-order valence-corrected chi connectivity index (χ2v) is 7.60. The van der Waals surface area contributed by atoms with Crippen LogP contribution in [-0.2, 0) is 10.2 Å². The molecule has 1 saturated carbocycles. The second kappa shape index (κ2) is 6.75. The molecule has 0 spiro atoms. The van der Waals surface area contributed by atoms with Crippen LogP contribution in [0, 0.1) is 0 Å². The summed E-state index contributed by atoms with van der Waals surface area (Å²) in [6, 6.07) is 9.79. The van der Waals surface area contributed by atoms with Gasteiger partial charge in [-0.2, -0.15) is 0 Å². The molecule has 1 amide bonds. The van der Waals surface area contributed by atoms with Crippen LogP contribution in [0.15, 0.2) is 42.9 Å². The van der Waals surface area contributed by atoms with Crippen molar-refractivity contribution in [1.29, 1.82) is 0 Å². The Bertz CT molecular complexity index is 743. The van der Waals surface area contributed by atoms with Crippen LogP contribution in [0.4, 0.5) is 0 Å². The zero-order valence-electron chi connectivity index (χ0n) is 14.2. The lowest BCUT2D eigenvalue weighted by atomic mass is 9.63. The van der Waals surface area contributed by atoms with Crippen LogP contribution in [0.3, 0.4) is 0 Å². The first-order chi connectivity index (χ1) is 12.2. The summed E-state index contributed by atoms with van der Waals surface area (Å²) in [5.41, 5.74) is 1.80. The molecule has 1 aromatic heterocycles. The molecule has 0 bridgehead atoms. The van der Waals surface area contributed by atoms with Gasteiger partial charge in [-0.05, 0) is 49.4 Å². The van der Waals surface area contributed by atoms with Gasteiger partial charge in [-0.3, -0.25) is 4.79 Å². The molecule has 4 rings (SSSR count). The number of amides is 1. The summed E-state index contributed by atoms with van der Waals surface area (Å²) in [5, 5.41) is 0.715. The van der Waals surface area contributed by atoms with Gasteiger partial charge in [0, 0.05) is 35.9 Å². The lowest BCUT2D eigenvalue weighted by Gasteiger charge is -2.46. The maximum atomic E-state index is 13.4. The summed E-state index contributed by atoms with van der Waals surface area (Å²) in [5.74, 6) is 0.586. The normalized spacial score (nSPS) is 22.3. The number of benzene rings is 1. The van der Waals surface area contributed by atoms with Gasteiger partial charge >= 0.3 is 0 Å². The van der Waals surface area contributed by atoms with E-state index in [2.05, 4.69) is 14.9 Å². The highest BCUT2D eigenvalue weighted by Crippen LogP contribution is 2.46. The third-order valence-corrected chi connectivity index (χ3v) is 6.00. The molecule has 1 aliphatic heterocycles. The minimum atomic E-state index is -0.349. The average molecular weight is 356 g/mol. The van der Waals surface area contributed by atoms with Crippen molar-refractivity contribution >= 4 is 17.5 Å². The monoisotopic (exact) mass is 355 g/mol. The van der Waals surface area contributed by atoms with Gasteiger partial charge in [-0.25, -0.2) is 9.97 Å². The fourth-order valence-corrected chi connectivity index (χ4v) is 4.30. The van der Waals surface area contributed by atoms with Crippen molar-refractivity contribution in [3.63, 3.8) is 0 Å². The van der Waals surface area contributed by atoms with Crippen LogP contribution in [0.1, 0.15) is 49.3 Å². The SMILES string of the molecule is O=C(N1CCC[C@@H](c2ccncn2)C1)C1(c2ccc(Cl)cc2)CCC1. The van der Waals surface area contributed by atoms with Crippen LogP contribution in [0.25, 0.3) is 0 Å². The van der Waals surface area contributed by atoms with Crippen molar-refractivity contribution in [2.24, 2.45) is 0 Å². The van der Waals surface area contributed by atoms with Crippen molar-refractivity contribution in [2.75, 3.05) is 13.1 Å². The van der Waals surface area contributed by atoms with Gasteiger partial charge in [0.25, 0.3) is 0 Å². The third kappa shape index (κ3) is 3.04. The molecule has 25 heavy (non-hydrogen) atoms. The first-order valence-corrected chi connectivity index (χ1v) is 9.38. The average Bonchev–Trinajstić information content (AvgIpc) is 2.63. The molecular weight excluding hydrogens is 334 g/mol. The van der Waals surface area contributed by atoms with E-state index < -0.39 is 0 Å². The van der Waals surface area contributed by atoms with E-state index in [1.165, 1.54) is 0 Å². The number of halogens is 1. The molecule has 2 aliphatic rings. The van der Waals surface area contributed by atoms with E-state index >= 15 is 0 Å². The number of nitrogens with zero attached hydrogens (tertiary/aromatic N) is 3. The molecule has 130 valence electrons. The van der Waals surface area contributed by atoms with Gasteiger partial charge < -0.3 is 4.90 Å². The second-order valence-electron chi connectivity index (χ2n) is 7.17. The predicted molar refractivity (Wildman–Crippen MR) is 97.6 cm³/mol. The highest BCUT2D eigenvalue weighted by atomic mass is 35.5. The quantitative estimate of drug-likeness (QED) is 0.837. The molecule has 1 aromatic carbocycles. The molecule has 2 aromatic rings. The first-order valence-electron chi connectivity index (χ1n) is 9.00. The molecular formula is C20H22ClN3O. The molecule has 0 N–H and O–H groups in total. The van der Waals surface area contributed by atoms with Gasteiger partial charge in [-0.1, -0.05) is 30.2 Å². The summed E-state index contributed by atoms with van der Waals surface area (Å²) in [6.07, 6.45) is 8.45. The Labute approximate surface area is 153 Å². The molecule has 5 heteroatoms. The van der Waals surface area contributed by atoms with Crippen molar-refractivity contribution < 1.29 is 4.79 Å². The van der Waals surface area contributed by atoms with Gasteiger partial charge in [0.1, 0.15) is 6.33 Å². The molecule has 1 saturated heterocycles. The number of rotatable bonds is 3. The van der Waals surface area contributed by atoms with Crippen LogP contribution in [0.2, 0.25) is 5.02 Å². The maximum absolute atomic E-state index is 13.4. The van der Waals surface area contributed by atoms with E-state index in [-0.39, 0.29) is 11.3 Å². The number of carbonyl (C=O) groups excluding carboxylic acids is 1. The first kappa shape index (κ1) is 16.5. The van der Waals surface area contributed by atoms with Gasteiger partial charge in [0.05, 0.1) is 5.41 Å². The van der Waals surface area contributed by atoms with Crippen LogP contribution >= 0.6 is 11.6 Å². The number of hydrogen-bond acceptors (Lipinski definition) is 3. The Balaban J connectivity index is 1.56. The zero-order chi connectivity index (χ0) is 17.3. The van der Waals surface area contributed by atoms with Crippen molar-refractivity contribution in [2.45, 2.75) is 43.4 Å². The summed E-state index contributed by atoms with van der Waals surface area (Å²) in [4.78, 5) is 23.9. The Kier molecular flexibility index (Phi) is 4.46. The lowest BCUT2D eigenvalue weighted by Crippen LogP contribution is -2.53. The van der Waals surface area contributed by atoms with E-state index in [1.54, 1.807) is 12.5 Å².